The van der Waals surface area contributed by atoms with Gasteiger partial charge in [0.1, 0.15) is 23.2 Å². The number of ether oxygens (including phenoxy) is 2. The molecule has 0 amide bonds. The number of rotatable bonds is 3. The van der Waals surface area contributed by atoms with E-state index in [1.165, 1.54) is 7.11 Å². The molecule has 0 spiro atoms. The third kappa shape index (κ3) is 3.49. The van der Waals surface area contributed by atoms with Gasteiger partial charge in [-0.15, -0.1) is 0 Å². The summed E-state index contributed by atoms with van der Waals surface area (Å²) >= 11 is 0. The molecule has 0 aliphatic carbocycles. The van der Waals surface area contributed by atoms with Crippen molar-refractivity contribution >= 4 is 11.9 Å². The number of furan rings is 1. The molecule has 0 saturated heterocycles. The molecule has 6 nitrogen and oxygen atoms in total. The van der Waals surface area contributed by atoms with Gasteiger partial charge in [0.2, 0.25) is 0 Å². The van der Waals surface area contributed by atoms with Gasteiger partial charge >= 0.3 is 11.9 Å². The summed E-state index contributed by atoms with van der Waals surface area (Å²) in [5.41, 5.74) is 2.11. The van der Waals surface area contributed by atoms with E-state index in [0.29, 0.717) is 29.1 Å². The Hall–Kier alpha value is -2.60. The normalized spacial score (nSPS) is 27.3. The van der Waals surface area contributed by atoms with Crippen molar-refractivity contribution in [3.63, 3.8) is 0 Å². The number of hydrogen-bond acceptors (Lipinski definition) is 6. The van der Waals surface area contributed by atoms with Crippen molar-refractivity contribution in [2.24, 2.45) is 5.92 Å². The molecule has 2 aliphatic rings. The third-order valence-electron chi connectivity index (χ3n) is 5.22. The van der Waals surface area contributed by atoms with Gasteiger partial charge in [0.05, 0.1) is 24.7 Å². The zero-order valence-electron chi connectivity index (χ0n) is 15.8. The number of esters is 2. The Bertz CT molecular complexity index is 843. The highest BCUT2D eigenvalue weighted by molar-refractivity contribution is 5.92. The van der Waals surface area contributed by atoms with Gasteiger partial charge < -0.3 is 19.0 Å². The summed E-state index contributed by atoms with van der Waals surface area (Å²) < 4.78 is 16.4. The molecular weight excluding hydrogens is 348 g/mol. The third-order valence-corrected chi connectivity index (χ3v) is 5.22. The topological polar surface area (TPSA) is 86.0 Å². The fourth-order valence-corrected chi connectivity index (χ4v) is 3.68. The van der Waals surface area contributed by atoms with Crippen molar-refractivity contribution in [2.45, 2.75) is 44.8 Å². The van der Waals surface area contributed by atoms with Crippen molar-refractivity contribution < 1.29 is 28.6 Å². The number of carbonyl (C=O) groups is 2. The van der Waals surface area contributed by atoms with Crippen LogP contribution in [0.1, 0.15) is 48.1 Å². The number of aliphatic hydroxyl groups excluding tert-OH is 1. The molecule has 1 N–H and O–H groups in total. The number of methoxy groups -OCH3 is 1. The van der Waals surface area contributed by atoms with Crippen molar-refractivity contribution in [1.82, 2.24) is 0 Å². The minimum atomic E-state index is -0.984. The van der Waals surface area contributed by atoms with E-state index in [0.717, 1.165) is 5.57 Å². The first-order valence-electron chi connectivity index (χ1n) is 8.85. The number of carbonyl (C=O) groups excluding carboxylic acids is 2. The van der Waals surface area contributed by atoms with Gasteiger partial charge in [-0.1, -0.05) is 24.3 Å². The van der Waals surface area contributed by atoms with Crippen molar-refractivity contribution in [1.29, 1.82) is 0 Å². The van der Waals surface area contributed by atoms with Crippen LogP contribution in [0.3, 0.4) is 0 Å². The first-order valence-corrected chi connectivity index (χ1v) is 8.85. The number of hydrogen-bond donors (Lipinski definition) is 1. The molecule has 144 valence electrons. The van der Waals surface area contributed by atoms with Gasteiger partial charge in [-0.05, 0) is 38.3 Å². The lowest BCUT2D eigenvalue weighted by Crippen LogP contribution is -2.22. The molecule has 4 bridgehead atoms. The summed E-state index contributed by atoms with van der Waals surface area (Å²) in [4.78, 5) is 24.6. The molecule has 27 heavy (non-hydrogen) atoms. The Kier molecular flexibility index (Phi) is 5.11. The van der Waals surface area contributed by atoms with Crippen LogP contribution in [0.4, 0.5) is 0 Å². The van der Waals surface area contributed by atoms with Crippen LogP contribution in [0.2, 0.25) is 0 Å². The van der Waals surface area contributed by atoms with Crippen LogP contribution in [0.25, 0.3) is 0 Å². The zero-order valence-corrected chi connectivity index (χ0v) is 15.8. The lowest BCUT2D eigenvalue weighted by atomic mass is 9.86. The predicted octanol–water partition coefficient (Wildman–Crippen LogP) is 3.08. The largest absolute Gasteiger partial charge is 0.465 e. The Morgan fingerprint density at radius 3 is 2.59 bits per heavy atom. The first kappa shape index (κ1) is 19.2. The Morgan fingerprint density at radius 1 is 1.30 bits per heavy atom. The van der Waals surface area contributed by atoms with Crippen molar-refractivity contribution in [3.8, 4) is 0 Å². The molecule has 2 aliphatic heterocycles. The summed E-state index contributed by atoms with van der Waals surface area (Å²) in [5, 5.41) is 10.6. The summed E-state index contributed by atoms with van der Waals surface area (Å²) in [6.45, 7) is 11.6. The second kappa shape index (κ2) is 7.19. The Balaban J connectivity index is 2.17. The molecule has 0 saturated carbocycles. The summed E-state index contributed by atoms with van der Waals surface area (Å²) in [5.74, 6) is -0.742. The van der Waals surface area contributed by atoms with Crippen LogP contribution in [0, 0.1) is 5.92 Å². The maximum absolute atomic E-state index is 12.3. The minimum absolute atomic E-state index is 0.184. The maximum atomic E-state index is 12.3. The quantitative estimate of drug-likeness (QED) is 0.648. The molecule has 3 heterocycles. The molecule has 1 aromatic heterocycles. The predicted molar refractivity (Wildman–Crippen MR) is 98.2 cm³/mol. The molecule has 0 aromatic carbocycles. The highest BCUT2D eigenvalue weighted by Crippen LogP contribution is 2.39. The van der Waals surface area contributed by atoms with E-state index in [-0.39, 0.29) is 17.9 Å². The lowest BCUT2D eigenvalue weighted by Gasteiger charge is -2.21. The first-order chi connectivity index (χ1) is 12.7. The zero-order chi connectivity index (χ0) is 19.9. The monoisotopic (exact) mass is 372 g/mol. The summed E-state index contributed by atoms with van der Waals surface area (Å²) in [7, 11) is 1.31. The van der Waals surface area contributed by atoms with Gasteiger partial charge in [-0.2, -0.15) is 0 Å². The van der Waals surface area contributed by atoms with E-state index < -0.39 is 30.1 Å². The molecule has 6 heteroatoms. The highest BCUT2D eigenvalue weighted by Gasteiger charge is 2.40. The second-order valence-corrected chi connectivity index (χ2v) is 7.29. The molecule has 0 radical (unpaired) electrons. The number of allylic oxidation sites excluding steroid dienone is 1. The smallest absolute Gasteiger partial charge is 0.341 e. The van der Waals surface area contributed by atoms with Crippen LogP contribution in [0.5, 0.6) is 0 Å². The Morgan fingerprint density at radius 2 is 2.00 bits per heavy atom. The van der Waals surface area contributed by atoms with Crippen LogP contribution >= 0.6 is 0 Å². The SMILES string of the molecule is C=C(C)C1Cc2oc(cc2C(=O)OC)[C@H](C(=C)C)[C@H]2C=C(C(=O)O2)[C@H](O)C1. The molecule has 0 fully saturated rings. The van der Waals surface area contributed by atoms with E-state index in [2.05, 4.69) is 13.2 Å². The van der Waals surface area contributed by atoms with Crippen molar-refractivity contribution in [3.05, 3.63) is 59.1 Å². The lowest BCUT2D eigenvalue weighted by molar-refractivity contribution is -0.141. The number of aliphatic hydroxyl groups is 1. The molecule has 4 atom stereocenters. The van der Waals surface area contributed by atoms with Crippen LogP contribution < -0.4 is 0 Å². The second-order valence-electron chi connectivity index (χ2n) is 7.29. The summed E-state index contributed by atoms with van der Waals surface area (Å²) in [6, 6.07) is 1.63. The van der Waals surface area contributed by atoms with Gasteiger partial charge in [-0.3, -0.25) is 0 Å². The number of fused-ring (bicyclic) bond motifs is 3. The van der Waals surface area contributed by atoms with E-state index in [9.17, 15) is 14.7 Å². The van der Waals surface area contributed by atoms with Gasteiger partial charge in [-0.25, -0.2) is 9.59 Å². The van der Waals surface area contributed by atoms with E-state index in [4.69, 9.17) is 13.9 Å². The van der Waals surface area contributed by atoms with Gasteiger partial charge in [0.25, 0.3) is 0 Å². The molecular formula is C21H24O6. The van der Waals surface area contributed by atoms with Crippen molar-refractivity contribution in [2.75, 3.05) is 7.11 Å². The van der Waals surface area contributed by atoms with E-state index in [1.807, 2.05) is 6.92 Å². The highest BCUT2D eigenvalue weighted by atomic mass is 16.6. The van der Waals surface area contributed by atoms with Gasteiger partial charge in [0.15, 0.2) is 0 Å². The summed E-state index contributed by atoms with van der Waals surface area (Å²) in [6.07, 6.45) is 0.644. The van der Waals surface area contributed by atoms with Crippen LogP contribution in [0.15, 0.2) is 46.4 Å². The van der Waals surface area contributed by atoms with Gasteiger partial charge in [0, 0.05) is 6.42 Å². The van der Waals surface area contributed by atoms with E-state index in [1.54, 1.807) is 19.1 Å². The fraction of sp³-hybridized carbons (Fsp3) is 0.429. The molecule has 1 aromatic rings. The molecule has 1 unspecified atom stereocenters. The standard InChI is InChI=1S/C21H24O6/c1-10(2)12-6-15(22)13-8-18(27-21(13)24)19(11(3)4)17-9-14(20(23)25-5)16(7-12)26-17/h8-9,12,15,18-19,22H,1,3,6-7H2,2,4-5H3/t12?,15-,18-,19+/m1/s1. The van der Waals surface area contributed by atoms with E-state index >= 15 is 0 Å². The maximum Gasteiger partial charge on any atom is 0.341 e. The fourth-order valence-electron chi connectivity index (χ4n) is 3.68. The average molecular weight is 372 g/mol. The van der Waals surface area contributed by atoms with Crippen LogP contribution in [-0.4, -0.2) is 36.4 Å². The van der Waals surface area contributed by atoms with Crippen LogP contribution in [-0.2, 0) is 20.7 Å². The minimum Gasteiger partial charge on any atom is -0.465 e. The average Bonchev–Trinajstić information content (AvgIpc) is 3.16. The molecule has 3 rings (SSSR count). The Labute approximate surface area is 158 Å².